The van der Waals surface area contributed by atoms with Gasteiger partial charge in [0.05, 0.1) is 12.0 Å². The summed E-state index contributed by atoms with van der Waals surface area (Å²) < 4.78 is 38.2. The van der Waals surface area contributed by atoms with Crippen molar-refractivity contribution < 1.29 is 23.1 Å². The summed E-state index contributed by atoms with van der Waals surface area (Å²) in [5.41, 5.74) is -0.311. The van der Waals surface area contributed by atoms with E-state index in [4.69, 9.17) is 5.11 Å². The van der Waals surface area contributed by atoms with E-state index in [1.165, 1.54) is 6.07 Å². The average molecular weight is 287 g/mol. The zero-order chi connectivity index (χ0) is 14.8. The largest absolute Gasteiger partial charge is 0.481 e. The Morgan fingerprint density at radius 2 is 1.95 bits per heavy atom. The Labute approximate surface area is 115 Å². The summed E-state index contributed by atoms with van der Waals surface area (Å²) >= 11 is 0. The molecule has 1 atom stereocenters. The maximum atomic E-state index is 12.7. The lowest BCUT2D eigenvalue weighted by Gasteiger charge is -2.27. The molecule has 0 radical (unpaired) electrons. The van der Waals surface area contributed by atoms with Crippen molar-refractivity contribution in [2.24, 2.45) is 0 Å². The molecule has 0 bridgehead atoms. The molecule has 3 nitrogen and oxygen atoms in total. The van der Waals surface area contributed by atoms with Crippen LogP contribution in [0.1, 0.15) is 36.4 Å². The second-order valence-corrected chi connectivity index (χ2v) is 4.98. The predicted molar refractivity (Wildman–Crippen MR) is 67.2 cm³/mol. The number of aliphatic carboxylic acids is 1. The van der Waals surface area contributed by atoms with Crippen molar-refractivity contribution in [3.05, 3.63) is 35.4 Å². The summed E-state index contributed by atoms with van der Waals surface area (Å²) in [7, 11) is 0. The molecule has 1 unspecified atom stereocenters. The number of carboxylic acid groups (broad SMARTS) is 1. The summed E-state index contributed by atoms with van der Waals surface area (Å²) in [6, 6.07) is 4.49. The first-order chi connectivity index (χ1) is 9.38. The van der Waals surface area contributed by atoms with Crippen molar-refractivity contribution >= 4 is 5.97 Å². The van der Waals surface area contributed by atoms with Gasteiger partial charge < -0.3 is 5.11 Å². The van der Waals surface area contributed by atoms with Crippen LogP contribution in [0.2, 0.25) is 0 Å². The third-order valence-corrected chi connectivity index (χ3v) is 3.55. The lowest BCUT2D eigenvalue weighted by atomic mass is 10.00. The Kier molecular flexibility index (Phi) is 4.32. The highest BCUT2D eigenvalue weighted by Gasteiger charge is 2.32. The minimum atomic E-state index is -4.41. The Morgan fingerprint density at radius 3 is 2.50 bits per heavy atom. The van der Waals surface area contributed by atoms with Crippen LogP contribution < -0.4 is 0 Å². The van der Waals surface area contributed by atoms with Crippen molar-refractivity contribution in [1.29, 1.82) is 0 Å². The number of carbonyl (C=O) groups is 1. The molecule has 0 amide bonds. The molecule has 1 saturated heterocycles. The van der Waals surface area contributed by atoms with Gasteiger partial charge in [-0.15, -0.1) is 0 Å². The monoisotopic (exact) mass is 287 g/mol. The molecular weight excluding hydrogens is 271 g/mol. The maximum Gasteiger partial charge on any atom is 0.416 e. The summed E-state index contributed by atoms with van der Waals surface area (Å²) in [6.07, 6.45) is -2.68. The zero-order valence-electron chi connectivity index (χ0n) is 10.9. The maximum absolute atomic E-state index is 12.7. The van der Waals surface area contributed by atoms with E-state index in [9.17, 15) is 18.0 Å². The molecule has 110 valence electrons. The first-order valence-corrected chi connectivity index (χ1v) is 6.51. The van der Waals surface area contributed by atoms with E-state index >= 15 is 0 Å². The smallest absolute Gasteiger partial charge is 0.416 e. The van der Waals surface area contributed by atoms with Crippen molar-refractivity contribution in [1.82, 2.24) is 4.90 Å². The number of carboxylic acids is 1. The molecular formula is C14H16F3NO2. The first-order valence-electron chi connectivity index (χ1n) is 6.51. The van der Waals surface area contributed by atoms with Crippen molar-refractivity contribution in [2.75, 3.05) is 13.1 Å². The van der Waals surface area contributed by atoms with Crippen molar-refractivity contribution in [3.63, 3.8) is 0 Å². The molecule has 0 spiro atoms. The third kappa shape index (κ3) is 3.50. The van der Waals surface area contributed by atoms with Crippen molar-refractivity contribution in [2.45, 2.75) is 31.5 Å². The van der Waals surface area contributed by atoms with E-state index in [1.54, 1.807) is 6.07 Å². The van der Waals surface area contributed by atoms with Gasteiger partial charge >= 0.3 is 12.1 Å². The molecule has 0 saturated carbocycles. The zero-order valence-corrected chi connectivity index (χ0v) is 10.9. The highest BCUT2D eigenvalue weighted by atomic mass is 19.4. The predicted octanol–water partition coefficient (Wildman–Crippen LogP) is 3.32. The number of rotatable bonds is 4. The van der Waals surface area contributed by atoms with Crippen LogP contribution in [0, 0.1) is 0 Å². The van der Waals surface area contributed by atoms with Gasteiger partial charge in [0.25, 0.3) is 0 Å². The van der Waals surface area contributed by atoms with Gasteiger partial charge in [0.1, 0.15) is 0 Å². The Hall–Kier alpha value is -1.56. The van der Waals surface area contributed by atoms with Gasteiger partial charge in [0, 0.05) is 6.04 Å². The number of hydrogen-bond acceptors (Lipinski definition) is 2. The molecule has 0 aliphatic carbocycles. The molecule has 1 aromatic carbocycles. The average Bonchev–Trinajstić information content (AvgIpc) is 2.88. The van der Waals surface area contributed by atoms with E-state index in [-0.39, 0.29) is 6.42 Å². The lowest BCUT2D eigenvalue weighted by Crippen LogP contribution is -2.28. The van der Waals surface area contributed by atoms with Gasteiger partial charge in [-0.1, -0.05) is 12.1 Å². The van der Waals surface area contributed by atoms with E-state index < -0.39 is 23.8 Å². The van der Waals surface area contributed by atoms with Gasteiger partial charge in [-0.3, -0.25) is 9.69 Å². The van der Waals surface area contributed by atoms with Gasteiger partial charge in [0.2, 0.25) is 0 Å². The normalized spacial score (nSPS) is 18.1. The Bertz CT molecular complexity index is 482. The van der Waals surface area contributed by atoms with E-state index in [0.29, 0.717) is 5.56 Å². The first kappa shape index (κ1) is 14.8. The van der Waals surface area contributed by atoms with Crippen LogP contribution >= 0.6 is 0 Å². The number of halogens is 3. The van der Waals surface area contributed by atoms with Crippen LogP contribution in [0.25, 0.3) is 0 Å². The second-order valence-electron chi connectivity index (χ2n) is 4.98. The minimum Gasteiger partial charge on any atom is -0.481 e. The molecule has 1 aliphatic rings. The molecule has 1 aliphatic heterocycles. The molecule has 2 rings (SSSR count). The number of alkyl halides is 3. The van der Waals surface area contributed by atoms with Crippen LogP contribution in [0.15, 0.2) is 24.3 Å². The highest BCUT2D eigenvalue weighted by molar-refractivity contribution is 5.68. The summed E-state index contributed by atoms with van der Waals surface area (Å²) in [6.45, 7) is 1.46. The van der Waals surface area contributed by atoms with Crippen LogP contribution in [0.4, 0.5) is 13.2 Å². The van der Waals surface area contributed by atoms with Gasteiger partial charge in [-0.2, -0.15) is 13.2 Å². The van der Waals surface area contributed by atoms with Gasteiger partial charge in [0.15, 0.2) is 0 Å². The fourth-order valence-corrected chi connectivity index (χ4v) is 2.60. The molecule has 1 fully saturated rings. The van der Waals surface area contributed by atoms with E-state index in [0.717, 1.165) is 38.1 Å². The number of likely N-dealkylation sites (tertiary alicyclic amines) is 1. The molecule has 20 heavy (non-hydrogen) atoms. The quantitative estimate of drug-likeness (QED) is 0.923. The Morgan fingerprint density at radius 1 is 1.30 bits per heavy atom. The number of hydrogen-bond donors (Lipinski definition) is 1. The summed E-state index contributed by atoms with van der Waals surface area (Å²) in [4.78, 5) is 12.9. The van der Waals surface area contributed by atoms with Gasteiger partial charge in [-0.25, -0.2) is 0 Å². The minimum absolute atomic E-state index is 0.179. The van der Waals surface area contributed by atoms with Crippen LogP contribution in [-0.4, -0.2) is 29.1 Å². The SMILES string of the molecule is O=C(O)CC(c1cccc(C(F)(F)F)c1)N1CCCC1. The van der Waals surface area contributed by atoms with Gasteiger partial charge in [-0.05, 0) is 43.6 Å². The fourth-order valence-electron chi connectivity index (χ4n) is 2.60. The molecule has 0 aromatic heterocycles. The standard InChI is InChI=1S/C14H16F3NO2/c15-14(16,17)11-5-3-4-10(8-11)12(9-13(19)20)18-6-1-2-7-18/h3-5,8,12H,1-2,6-7,9H2,(H,19,20). The second kappa shape index (κ2) is 5.83. The Balaban J connectivity index is 2.30. The van der Waals surface area contributed by atoms with Crippen LogP contribution in [-0.2, 0) is 11.0 Å². The van der Waals surface area contributed by atoms with E-state index in [1.807, 2.05) is 4.90 Å². The van der Waals surface area contributed by atoms with Crippen molar-refractivity contribution in [3.8, 4) is 0 Å². The van der Waals surface area contributed by atoms with E-state index in [2.05, 4.69) is 0 Å². The lowest BCUT2D eigenvalue weighted by molar-refractivity contribution is -0.138. The third-order valence-electron chi connectivity index (χ3n) is 3.55. The highest BCUT2D eigenvalue weighted by Crippen LogP contribution is 2.34. The number of nitrogens with zero attached hydrogens (tertiary/aromatic N) is 1. The van der Waals surface area contributed by atoms with Crippen LogP contribution in [0.3, 0.4) is 0 Å². The fraction of sp³-hybridized carbons (Fsp3) is 0.500. The summed E-state index contributed by atoms with van der Waals surface area (Å²) in [5, 5.41) is 8.99. The topological polar surface area (TPSA) is 40.5 Å². The van der Waals surface area contributed by atoms with Crippen LogP contribution in [0.5, 0.6) is 0 Å². The summed E-state index contributed by atoms with van der Waals surface area (Å²) in [5.74, 6) is -1.00. The molecule has 1 heterocycles. The molecule has 1 N–H and O–H groups in total. The molecule has 6 heteroatoms. The number of benzene rings is 1. The molecule has 1 aromatic rings.